The maximum absolute atomic E-state index is 5.88. The molecule has 0 radical (unpaired) electrons. The molecule has 16 heavy (non-hydrogen) atoms. The summed E-state index contributed by atoms with van der Waals surface area (Å²) in [6, 6.07) is 0.646. The van der Waals surface area contributed by atoms with Gasteiger partial charge in [0.05, 0.1) is 12.6 Å². The number of rotatable bonds is 4. The fraction of sp³-hybridized carbons (Fsp3) is 0.857. The van der Waals surface area contributed by atoms with Crippen LogP contribution >= 0.6 is 0 Å². The van der Waals surface area contributed by atoms with Crippen LogP contribution in [0.1, 0.15) is 46.0 Å². The van der Waals surface area contributed by atoms with Gasteiger partial charge < -0.3 is 10.1 Å². The lowest BCUT2D eigenvalue weighted by atomic mass is 9.60. The molecule has 90 valence electrons. The molecule has 1 N–H and O–H groups in total. The third-order valence-electron chi connectivity index (χ3n) is 4.30. The molecule has 0 aromatic rings. The molecule has 0 aromatic heterocycles. The second-order valence-corrected chi connectivity index (χ2v) is 4.98. The third-order valence-corrected chi connectivity index (χ3v) is 4.30. The highest BCUT2D eigenvalue weighted by molar-refractivity contribution is 5.11. The molecule has 2 aliphatic rings. The standard InChI is InChI=1S/C14H23NO/c1-3-5-10-15-12-11-13(16-4-2)14(12)8-6-7-9-14/h12-13,15H,4,6-11H2,1-2H3. The normalized spacial score (nSPS) is 30.9. The summed E-state index contributed by atoms with van der Waals surface area (Å²) in [4.78, 5) is 0. The smallest absolute Gasteiger partial charge is 0.0661 e. The van der Waals surface area contributed by atoms with Gasteiger partial charge in [-0.25, -0.2) is 0 Å². The van der Waals surface area contributed by atoms with Gasteiger partial charge in [0.1, 0.15) is 0 Å². The maximum atomic E-state index is 5.88. The lowest BCUT2D eigenvalue weighted by Gasteiger charge is -2.54. The van der Waals surface area contributed by atoms with E-state index in [2.05, 4.69) is 24.1 Å². The van der Waals surface area contributed by atoms with Crippen molar-refractivity contribution >= 4 is 0 Å². The van der Waals surface area contributed by atoms with Crippen molar-refractivity contribution in [1.29, 1.82) is 0 Å². The van der Waals surface area contributed by atoms with Gasteiger partial charge in [-0.1, -0.05) is 18.8 Å². The molecule has 2 rings (SSSR count). The Morgan fingerprint density at radius 3 is 2.75 bits per heavy atom. The van der Waals surface area contributed by atoms with E-state index in [9.17, 15) is 0 Å². The zero-order valence-electron chi connectivity index (χ0n) is 10.5. The predicted molar refractivity (Wildman–Crippen MR) is 66.2 cm³/mol. The first-order chi connectivity index (χ1) is 7.83. The van der Waals surface area contributed by atoms with E-state index in [0.29, 0.717) is 17.6 Å². The van der Waals surface area contributed by atoms with Crippen LogP contribution in [0.15, 0.2) is 0 Å². The zero-order chi connectivity index (χ0) is 11.4. The molecule has 2 fully saturated rings. The van der Waals surface area contributed by atoms with Gasteiger partial charge in [-0.15, -0.1) is 5.92 Å². The largest absolute Gasteiger partial charge is 0.378 e. The molecule has 0 aromatic carbocycles. The SMILES string of the molecule is CC#CCNC1CC(OCC)C12CCCC2. The Balaban J connectivity index is 1.91. The van der Waals surface area contributed by atoms with Gasteiger partial charge in [0.15, 0.2) is 0 Å². The molecule has 2 heteroatoms. The van der Waals surface area contributed by atoms with Crippen LogP contribution < -0.4 is 5.32 Å². The topological polar surface area (TPSA) is 21.3 Å². The minimum absolute atomic E-state index is 0.450. The fourth-order valence-electron chi connectivity index (χ4n) is 3.44. The van der Waals surface area contributed by atoms with Crippen molar-refractivity contribution in [2.75, 3.05) is 13.2 Å². The Labute approximate surface area is 99.1 Å². The predicted octanol–water partition coefficient (Wildman–Crippen LogP) is 2.34. The molecule has 2 aliphatic carbocycles. The summed E-state index contributed by atoms with van der Waals surface area (Å²) in [7, 11) is 0. The van der Waals surface area contributed by atoms with E-state index in [1.165, 1.54) is 32.1 Å². The second-order valence-electron chi connectivity index (χ2n) is 4.98. The van der Waals surface area contributed by atoms with Gasteiger partial charge in [0.2, 0.25) is 0 Å². The average Bonchev–Trinajstić information content (AvgIpc) is 2.79. The Hall–Kier alpha value is -0.520. The van der Waals surface area contributed by atoms with Crippen molar-refractivity contribution in [3.63, 3.8) is 0 Å². The Morgan fingerprint density at radius 2 is 2.12 bits per heavy atom. The van der Waals surface area contributed by atoms with Crippen molar-refractivity contribution in [1.82, 2.24) is 5.32 Å². The van der Waals surface area contributed by atoms with Crippen molar-refractivity contribution in [3.05, 3.63) is 0 Å². The van der Waals surface area contributed by atoms with Crippen LogP contribution in [0, 0.1) is 17.3 Å². The van der Waals surface area contributed by atoms with Gasteiger partial charge in [-0.05, 0) is 33.1 Å². The first-order valence-electron chi connectivity index (χ1n) is 6.58. The van der Waals surface area contributed by atoms with E-state index in [0.717, 1.165) is 13.2 Å². The minimum atomic E-state index is 0.450. The van der Waals surface area contributed by atoms with E-state index in [4.69, 9.17) is 4.74 Å². The molecule has 1 spiro atoms. The Kier molecular flexibility index (Phi) is 3.89. The van der Waals surface area contributed by atoms with E-state index in [1.54, 1.807) is 0 Å². The van der Waals surface area contributed by atoms with Crippen LogP contribution in [0.4, 0.5) is 0 Å². The lowest BCUT2D eigenvalue weighted by molar-refractivity contribution is -0.129. The van der Waals surface area contributed by atoms with E-state index < -0.39 is 0 Å². The van der Waals surface area contributed by atoms with Crippen LogP contribution in [0.2, 0.25) is 0 Å². The Morgan fingerprint density at radius 1 is 1.38 bits per heavy atom. The molecular weight excluding hydrogens is 198 g/mol. The van der Waals surface area contributed by atoms with Crippen molar-refractivity contribution in [3.8, 4) is 11.8 Å². The van der Waals surface area contributed by atoms with Crippen LogP contribution in [0.3, 0.4) is 0 Å². The van der Waals surface area contributed by atoms with Gasteiger partial charge >= 0.3 is 0 Å². The fourth-order valence-corrected chi connectivity index (χ4v) is 3.44. The van der Waals surface area contributed by atoms with Crippen LogP contribution in [-0.2, 0) is 4.74 Å². The minimum Gasteiger partial charge on any atom is -0.378 e. The first-order valence-corrected chi connectivity index (χ1v) is 6.58. The molecule has 2 atom stereocenters. The van der Waals surface area contributed by atoms with Gasteiger partial charge in [-0.2, -0.15) is 0 Å². The van der Waals surface area contributed by atoms with Crippen molar-refractivity contribution in [2.45, 2.75) is 58.1 Å². The molecule has 0 bridgehead atoms. The average molecular weight is 221 g/mol. The van der Waals surface area contributed by atoms with Crippen LogP contribution in [-0.4, -0.2) is 25.3 Å². The summed E-state index contributed by atoms with van der Waals surface area (Å²) in [5, 5.41) is 3.59. The highest BCUT2D eigenvalue weighted by Crippen LogP contribution is 2.54. The molecule has 2 nitrogen and oxygen atoms in total. The second kappa shape index (κ2) is 5.21. The summed E-state index contributed by atoms with van der Waals surface area (Å²) >= 11 is 0. The van der Waals surface area contributed by atoms with E-state index >= 15 is 0 Å². The van der Waals surface area contributed by atoms with E-state index in [-0.39, 0.29) is 0 Å². The summed E-state index contributed by atoms with van der Waals surface area (Å²) in [5.41, 5.74) is 0.450. The molecule has 2 unspecified atom stereocenters. The highest BCUT2D eigenvalue weighted by Gasteiger charge is 2.56. The zero-order valence-corrected chi connectivity index (χ0v) is 10.5. The van der Waals surface area contributed by atoms with Crippen LogP contribution in [0.5, 0.6) is 0 Å². The van der Waals surface area contributed by atoms with Crippen LogP contribution in [0.25, 0.3) is 0 Å². The molecule has 0 aliphatic heterocycles. The summed E-state index contributed by atoms with van der Waals surface area (Å²) in [6.45, 7) is 5.69. The molecule has 0 heterocycles. The van der Waals surface area contributed by atoms with E-state index in [1.807, 2.05) is 6.92 Å². The summed E-state index contributed by atoms with van der Waals surface area (Å²) < 4.78 is 5.88. The number of nitrogens with one attached hydrogen (secondary N) is 1. The monoisotopic (exact) mass is 221 g/mol. The Bertz CT molecular complexity index is 283. The molecular formula is C14H23NO. The van der Waals surface area contributed by atoms with Crippen molar-refractivity contribution < 1.29 is 4.74 Å². The van der Waals surface area contributed by atoms with Crippen molar-refractivity contribution in [2.24, 2.45) is 5.41 Å². The molecule has 0 saturated heterocycles. The van der Waals surface area contributed by atoms with Gasteiger partial charge in [0.25, 0.3) is 0 Å². The maximum Gasteiger partial charge on any atom is 0.0661 e. The summed E-state index contributed by atoms with van der Waals surface area (Å²) in [5.74, 6) is 6.04. The van der Waals surface area contributed by atoms with Gasteiger partial charge in [0, 0.05) is 18.1 Å². The quantitative estimate of drug-likeness (QED) is 0.736. The highest BCUT2D eigenvalue weighted by atomic mass is 16.5. The molecule has 2 saturated carbocycles. The molecule has 0 amide bonds. The lowest BCUT2D eigenvalue weighted by Crippen LogP contribution is -2.62. The number of hydrogen-bond donors (Lipinski definition) is 1. The summed E-state index contributed by atoms with van der Waals surface area (Å²) in [6.07, 6.45) is 7.12. The number of hydrogen-bond acceptors (Lipinski definition) is 2. The number of ether oxygens (including phenoxy) is 1. The van der Waals surface area contributed by atoms with Gasteiger partial charge in [-0.3, -0.25) is 0 Å². The third kappa shape index (κ3) is 1.99. The first kappa shape index (κ1) is 12.0.